The van der Waals surface area contributed by atoms with E-state index in [0.29, 0.717) is 17.9 Å². The Kier molecular flexibility index (Phi) is 3.57. The quantitative estimate of drug-likeness (QED) is 0.680. The number of hydrogen-bond acceptors (Lipinski definition) is 5. The van der Waals surface area contributed by atoms with Crippen molar-refractivity contribution in [3.8, 4) is 5.75 Å². The van der Waals surface area contributed by atoms with Crippen molar-refractivity contribution in [3.05, 3.63) is 77.5 Å². The number of aromatic amines is 1. The minimum absolute atomic E-state index is 0.249. The van der Waals surface area contributed by atoms with Gasteiger partial charge in [0.15, 0.2) is 6.10 Å². The van der Waals surface area contributed by atoms with Crippen LogP contribution in [0.25, 0.3) is 10.9 Å². The molecule has 25 heavy (non-hydrogen) atoms. The number of aliphatic hydroxyl groups excluding tert-OH is 1. The minimum atomic E-state index is -0.946. The standard InChI is InChI=1S/C19H16N2O4/c20-19-17(23)16(22)18(25-19)14-9-21-15-7-6-12(8-13(14)15)24-10-11-4-2-1-3-5-11/h1-9,18,21,23H,10,20H2/t18-/m0/s1. The second-order valence-corrected chi connectivity index (χ2v) is 5.80. The van der Waals surface area contributed by atoms with Crippen LogP contribution >= 0.6 is 0 Å². The predicted octanol–water partition coefficient (Wildman–Crippen LogP) is 3.07. The van der Waals surface area contributed by atoms with E-state index in [9.17, 15) is 9.90 Å². The van der Waals surface area contributed by atoms with Crippen molar-refractivity contribution in [2.75, 3.05) is 0 Å². The molecule has 0 saturated heterocycles. The Labute approximate surface area is 143 Å². The molecule has 1 atom stereocenters. The number of aromatic nitrogens is 1. The fourth-order valence-electron chi connectivity index (χ4n) is 2.86. The maximum atomic E-state index is 12.1. The first kappa shape index (κ1) is 15.1. The Morgan fingerprint density at radius 1 is 1.20 bits per heavy atom. The Morgan fingerprint density at radius 2 is 2.00 bits per heavy atom. The van der Waals surface area contributed by atoms with E-state index in [4.69, 9.17) is 15.2 Å². The van der Waals surface area contributed by atoms with Crippen molar-refractivity contribution in [1.82, 2.24) is 4.98 Å². The monoisotopic (exact) mass is 336 g/mol. The van der Waals surface area contributed by atoms with E-state index in [1.54, 1.807) is 6.20 Å². The summed E-state index contributed by atoms with van der Waals surface area (Å²) in [7, 11) is 0. The second kappa shape index (κ2) is 5.90. The first-order chi connectivity index (χ1) is 12.1. The topological polar surface area (TPSA) is 97.6 Å². The summed E-state index contributed by atoms with van der Waals surface area (Å²) in [6.45, 7) is 0.445. The molecule has 1 aliphatic rings. The molecule has 2 heterocycles. The average Bonchev–Trinajstić information content (AvgIpc) is 3.16. The van der Waals surface area contributed by atoms with Gasteiger partial charge in [-0.1, -0.05) is 30.3 Å². The van der Waals surface area contributed by atoms with Crippen LogP contribution in [0.15, 0.2) is 66.4 Å². The fraction of sp³-hybridized carbons (Fsp3) is 0.105. The van der Waals surface area contributed by atoms with Crippen LogP contribution in [0.4, 0.5) is 0 Å². The minimum Gasteiger partial charge on any atom is -0.501 e. The highest BCUT2D eigenvalue weighted by Crippen LogP contribution is 2.35. The van der Waals surface area contributed by atoms with Gasteiger partial charge in [-0.2, -0.15) is 0 Å². The van der Waals surface area contributed by atoms with Crippen LogP contribution in [0.2, 0.25) is 0 Å². The molecule has 3 aromatic rings. The van der Waals surface area contributed by atoms with E-state index < -0.39 is 17.6 Å². The van der Waals surface area contributed by atoms with Crippen molar-refractivity contribution in [2.45, 2.75) is 12.7 Å². The summed E-state index contributed by atoms with van der Waals surface area (Å²) in [6, 6.07) is 15.4. The number of Topliss-reactive ketones (excluding diaryl/α,β-unsaturated/α-hetero) is 1. The third-order valence-electron chi connectivity index (χ3n) is 4.17. The number of carbonyl (C=O) groups is 1. The van der Waals surface area contributed by atoms with Gasteiger partial charge in [0, 0.05) is 22.7 Å². The molecule has 0 radical (unpaired) electrons. The molecule has 1 aromatic heterocycles. The Bertz CT molecular complexity index is 976. The van der Waals surface area contributed by atoms with Crippen LogP contribution in [0.1, 0.15) is 17.2 Å². The lowest BCUT2D eigenvalue weighted by molar-refractivity contribution is -0.123. The number of fused-ring (bicyclic) bond motifs is 1. The third kappa shape index (κ3) is 2.67. The molecule has 0 unspecified atom stereocenters. The van der Waals surface area contributed by atoms with E-state index in [-0.39, 0.29) is 5.88 Å². The molecule has 0 fully saturated rings. The number of aliphatic hydroxyl groups is 1. The summed E-state index contributed by atoms with van der Waals surface area (Å²) in [5.74, 6) is -0.654. The molecule has 4 rings (SSSR count). The molecule has 6 nitrogen and oxygen atoms in total. The van der Waals surface area contributed by atoms with Crippen molar-refractivity contribution >= 4 is 16.7 Å². The maximum Gasteiger partial charge on any atom is 0.247 e. The van der Waals surface area contributed by atoms with E-state index >= 15 is 0 Å². The molecular weight excluding hydrogens is 320 g/mol. The molecule has 0 bridgehead atoms. The molecule has 4 N–H and O–H groups in total. The van der Waals surface area contributed by atoms with Gasteiger partial charge < -0.3 is 25.3 Å². The zero-order chi connectivity index (χ0) is 17.4. The third-order valence-corrected chi connectivity index (χ3v) is 4.17. The number of benzene rings is 2. The van der Waals surface area contributed by atoms with Gasteiger partial charge in [0.25, 0.3) is 0 Å². The van der Waals surface area contributed by atoms with Crippen molar-refractivity contribution < 1.29 is 19.4 Å². The lowest BCUT2D eigenvalue weighted by Gasteiger charge is -2.10. The summed E-state index contributed by atoms with van der Waals surface area (Å²) in [5.41, 5.74) is 8.01. The van der Waals surface area contributed by atoms with E-state index in [2.05, 4.69) is 4.98 Å². The molecule has 1 aliphatic heterocycles. The predicted molar refractivity (Wildman–Crippen MR) is 91.7 cm³/mol. The smallest absolute Gasteiger partial charge is 0.247 e. The summed E-state index contributed by atoms with van der Waals surface area (Å²) in [6.07, 6.45) is 0.734. The van der Waals surface area contributed by atoms with E-state index in [1.807, 2.05) is 48.5 Å². The largest absolute Gasteiger partial charge is 0.501 e. The Hall–Kier alpha value is -3.41. The SMILES string of the molecule is NC1=C(O)C(=O)[C@H](c2c[nH]c3ccc(OCc4ccccc4)cc23)O1. The number of ether oxygens (including phenoxy) is 2. The molecule has 0 aliphatic carbocycles. The van der Waals surface area contributed by atoms with Crippen LogP contribution in [-0.4, -0.2) is 15.9 Å². The Balaban J connectivity index is 1.61. The van der Waals surface area contributed by atoms with Gasteiger partial charge in [-0.05, 0) is 23.8 Å². The fourth-order valence-corrected chi connectivity index (χ4v) is 2.86. The van der Waals surface area contributed by atoms with Gasteiger partial charge in [-0.3, -0.25) is 4.79 Å². The molecule has 2 aromatic carbocycles. The molecule has 0 amide bonds. The van der Waals surface area contributed by atoms with E-state index in [0.717, 1.165) is 16.5 Å². The van der Waals surface area contributed by atoms with Crippen LogP contribution in [-0.2, 0) is 16.1 Å². The molecule has 6 heteroatoms. The van der Waals surface area contributed by atoms with Gasteiger partial charge in [-0.25, -0.2) is 0 Å². The van der Waals surface area contributed by atoms with Crippen LogP contribution in [0.5, 0.6) is 5.75 Å². The highest BCUT2D eigenvalue weighted by Gasteiger charge is 2.36. The van der Waals surface area contributed by atoms with Gasteiger partial charge in [0.05, 0.1) is 0 Å². The number of rotatable bonds is 4. The number of hydrogen-bond donors (Lipinski definition) is 3. The summed E-state index contributed by atoms with van der Waals surface area (Å²) >= 11 is 0. The number of nitrogens with one attached hydrogen (secondary N) is 1. The molecule has 0 spiro atoms. The van der Waals surface area contributed by atoms with Gasteiger partial charge >= 0.3 is 0 Å². The first-order valence-electron chi connectivity index (χ1n) is 7.81. The number of ketones is 1. The van der Waals surface area contributed by atoms with Gasteiger partial charge in [0.1, 0.15) is 12.4 Å². The number of nitrogens with two attached hydrogens (primary N) is 1. The first-order valence-corrected chi connectivity index (χ1v) is 7.81. The van der Waals surface area contributed by atoms with Crippen LogP contribution < -0.4 is 10.5 Å². The van der Waals surface area contributed by atoms with Gasteiger partial charge in [0.2, 0.25) is 17.4 Å². The van der Waals surface area contributed by atoms with Crippen LogP contribution in [0.3, 0.4) is 0 Å². The van der Waals surface area contributed by atoms with E-state index in [1.165, 1.54) is 0 Å². The lowest BCUT2D eigenvalue weighted by atomic mass is 10.0. The zero-order valence-corrected chi connectivity index (χ0v) is 13.2. The van der Waals surface area contributed by atoms with Crippen molar-refractivity contribution in [2.24, 2.45) is 5.73 Å². The lowest BCUT2D eigenvalue weighted by Crippen LogP contribution is -2.09. The summed E-state index contributed by atoms with van der Waals surface area (Å²) in [5, 5.41) is 10.4. The maximum absolute atomic E-state index is 12.1. The highest BCUT2D eigenvalue weighted by molar-refractivity contribution is 6.02. The number of carbonyl (C=O) groups excluding carboxylic acids is 1. The van der Waals surface area contributed by atoms with Gasteiger partial charge in [-0.15, -0.1) is 0 Å². The summed E-state index contributed by atoms with van der Waals surface area (Å²) < 4.78 is 11.1. The zero-order valence-electron chi connectivity index (χ0n) is 13.2. The second-order valence-electron chi connectivity index (χ2n) is 5.80. The van der Waals surface area contributed by atoms with Crippen molar-refractivity contribution in [3.63, 3.8) is 0 Å². The molecular formula is C19H16N2O4. The number of H-pyrrole nitrogens is 1. The molecule has 126 valence electrons. The van der Waals surface area contributed by atoms with Crippen molar-refractivity contribution in [1.29, 1.82) is 0 Å². The normalized spacial score (nSPS) is 17.1. The highest BCUT2D eigenvalue weighted by atomic mass is 16.5. The molecule has 0 saturated carbocycles. The summed E-state index contributed by atoms with van der Waals surface area (Å²) in [4.78, 5) is 15.2. The average molecular weight is 336 g/mol. The Morgan fingerprint density at radius 3 is 2.72 bits per heavy atom. The van der Waals surface area contributed by atoms with Crippen LogP contribution in [0, 0.1) is 0 Å².